The third-order valence-electron chi connectivity index (χ3n) is 8.73. The van der Waals surface area contributed by atoms with Crippen molar-refractivity contribution in [3.63, 3.8) is 0 Å². The van der Waals surface area contributed by atoms with Crippen LogP contribution >= 0.6 is 23.5 Å². The molecule has 0 spiro atoms. The molecule has 9 heteroatoms. The minimum atomic E-state index is -0.486. The molecule has 3 heterocycles. The number of carbonyl (C=O) groups is 4. The standard InChI is InChI=1S/C34H25N3O4S2/c38-30-22-13-15-24-29-25(33(41)37(32(24)40)26-7-3-4-8-27(26)43-34-35-17-18-42-34)16-14-23(28(22)29)31(39)36(30)21-11-9-20(10-12-21)19-5-1-2-6-19/h3-4,7-16,19H,1-2,5-6,17-18H2. The molecule has 0 bridgehead atoms. The van der Waals surface area contributed by atoms with E-state index in [9.17, 15) is 19.2 Å². The van der Waals surface area contributed by atoms with E-state index in [1.165, 1.54) is 40.0 Å². The zero-order chi connectivity index (χ0) is 29.2. The second kappa shape index (κ2) is 10.2. The molecule has 1 saturated carbocycles. The van der Waals surface area contributed by atoms with Crippen LogP contribution in [0.1, 0.15) is 78.6 Å². The third-order valence-corrected chi connectivity index (χ3v) is 11.0. The summed E-state index contributed by atoms with van der Waals surface area (Å²) in [5, 5.41) is 0.726. The Morgan fingerprint density at radius 3 is 1.79 bits per heavy atom. The molecule has 1 fully saturated rings. The fourth-order valence-corrected chi connectivity index (χ4v) is 8.73. The quantitative estimate of drug-likeness (QED) is 0.228. The summed E-state index contributed by atoms with van der Waals surface area (Å²) in [6.07, 6.45) is 4.77. The fraction of sp³-hybridized carbons (Fsp3) is 0.206. The lowest BCUT2D eigenvalue weighted by Gasteiger charge is -2.32. The van der Waals surface area contributed by atoms with Crippen LogP contribution in [0.2, 0.25) is 0 Å². The van der Waals surface area contributed by atoms with Crippen molar-refractivity contribution in [3.05, 3.63) is 101 Å². The zero-order valence-electron chi connectivity index (χ0n) is 23.0. The highest BCUT2D eigenvalue weighted by Crippen LogP contribution is 2.43. The van der Waals surface area contributed by atoms with Gasteiger partial charge in [-0.25, -0.2) is 9.80 Å². The zero-order valence-corrected chi connectivity index (χ0v) is 24.7. The number of aliphatic imine (C=N–C) groups is 1. The summed E-state index contributed by atoms with van der Waals surface area (Å²) in [6.45, 7) is 0.747. The van der Waals surface area contributed by atoms with Crippen molar-refractivity contribution in [2.45, 2.75) is 36.5 Å². The van der Waals surface area contributed by atoms with Gasteiger partial charge in [0.15, 0.2) is 0 Å². The van der Waals surface area contributed by atoms with E-state index >= 15 is 0 Å². The summed E-state index contributed by atoms with van der Waals surface area (Å²) in [5.74, 6) is -0.468. The number of para-hydroxylation sites is 1. The highest BCUT2D eigenvalue weighted by molar-refractivity contribution is 8.39. The molecule has 0 unspecified atom stereocenters. The Hall–Kier alpha value is -4.21. The molecule has 4 amide bonds. The first-order valence-electron chi connectivity index (χ1n) is 14.4. The Bertz CT molecular complexity index is 1860. The van der Waals surface area contributed by atoms with Crippen molar-refractivity contribution in [2.24, 2.45) is 4.99 Å². The van der Waals surface area contributed by atoms with Crippen molar-refractivity contribution in [3.8, 4) is 0 Å². The number of imide groups is 2. The van der Waals surface area contributed by atoms with E-state index in [1.807, 2.05) is 36.4 Å². The Labute approximate surface area is 256 Å². The second-order valence-corrected chi connectivity index (χ2v) is 13.5. The van der Waals surface area contributed by atoms with E-state index in [4.69, 9.17) is 0 Å². The van der Waals surface area contributed by atoms with Gasteiger partial charge < -0.3 is 0 Å². The molecule has 3 aliphatic heterocycles. The Morgan fingerprint density at radius 1 is 0.674 bits per heavy atom. The van der Waals surface area contributed by atoms with Crippen LogP contribution in [0.15, 0.2) is 82.7 Å². The molecule has 4 aromatic rings. The predicted molar refractivity (Wildman–Crippen MR) is 171 cm³/mol. The first-order chi connectivity index (χ1) is 21.0. The molecule has 4 aliphatic rings. The molecular weight excluding hydrogens is 579 g/mol. The number of thioether (sulfide) groups is 2. The minimum absolute atomic E-state index is 0.289. The molecule has 0 radical (unpaired) electrons. The second-order valence-electron chi connectivity index (χ2n) is 11.1. The van der Waals surface area contributed by atoms with Crippen LogP contribution in [-0.4, -0.2) is 40.3 Å². The number of rotatable bonds is 4. The van der Waals surface area contributed by atoms with Crippen molar-refractivity contribution in [2.75, 3.05) is 22.1 Å². The lowest BCUT2D eigenvalue weighted by Crippen LogP contribution is -2.43. The lowest BCUT2D eigenvalue weighted by molar-refractivity contribution is 0.0872. The van der Waals surface area contributed by atoms with Crippen LogP contribution in [0.25, 0.3) is 10.8 Å². The maximum atomic E-state index is 14.0. The van der Waals surface area contributed by atoms with Gasteiger partial charge in [-0.1, -0.05) is 60.6 Å². The maximum Gasteiger partial charge on any atom is 0.266 e. The van der Waals surface area contributed by atoms with E-state index in [0.717, 1.165) is 34.4 Å². The Kier molecular flexibility index (Phi) is 6.27. The number of hydrogen-bond donors (Lipinski definition) is 0. The predicted octanol–water partition coefficient (Wildman–Crippen LogP) is 7.29. The molecular formula is C34H25N3O4S2. The number of nitrogens with zero attached hydrogens (tertiary/aromatic N) is 3. The van der Waals surface area contributed by atoms with Crippen LogP contribution in [0.3, 0.4) is 0 Å². The first-order valence-corrected chi connectivity index (χ1v) is 16.2. The molecule has 0 aromatic heterocycles. The number of carbonyl (C=O) groups excluding carboxylic acids is 4. The smallest absolute Gasteiger partial charge is 0.266 e. The SMILES string of the molecule is O=C1c2ccc3c4c(ccc(c24)C(=O)N1c1ccc(C2CCCC2)cc1)C(=O)N(c1ccccc1SC1=NCCS1)C3=O. The van der Waals surface area contributed by atoms with Crippen molar-refractivity contribution < 1.29 is 19.2 Å². The summed E-state index contributed by atoms with van der Waals surface area (Å²) < 4.78 is 0.901. The number of hydrogen-bond acceptors (Lipinski definition) is 7. The van der Waals surface area contributed by atoms with Crippen LogP contribution in [-0.2, 0) is 0 Å². The highest BCUT2D eigenvalue weighted by atomic mass is 32.2. The molecule has 212 valence electrons. The van der Waals surface area contributed by atoms with Crippen LogP contribution in [0.5, 0.6) is 0 Å². The van der Waals surface area contributed by atoms with Gasteiger partial charge in [0.05, 0.1) is 17.9 Å². The van der Waals surface area contributed by atoms with Crippen LogP contribution in [0.4, 0.5) is 11.4 Å². The fourth-order valence-electron chi connectivity index (χ4n) is 6.68. The molecule has 8 rings (SSSR count). The van der Waals surface area contributed by atoms with Gasteiger partial charge in [0, 0.05) is 43.7 Å². The van der Waals surface area contributed by atoms with Crippen molar-refractivity contribution in [1.82, 2.24) is 0 Å². The number of anilines is 2. The number of amides is 4. The van der Waals surface area contributed by atoms with Gasteiger partial charge in [0.1, 0.15) is 4.38 Å². The van der Waals surface area contributed by atoms with Gasteiger partial charge in [0.25, 0.3) is 23.6 Å². The van der Waals surface area contributed by atoms with Gasteiger partial charge in [-0.2, -0.15) is 0 Å². The Morgan fingerprint density at radius 2 is 1.23 bits per heavy atom. The maximum absolute atomic E-state index is 14.0. The molecule has 0 N–H and O–H groups in total. The molecule has 7 nitrogen and oxygen atoms in total. The van der Waals surface area contributed by atoms with Gasteiger partial charge in [-0.05, 0) is 72.9 Å². The molecule has 0 saturated heterocycles. The van der Waals surface area contributed by atoms with E-state index in [2.05, 4.69) is 4.99 Å². The monoisotopic (exact) mass is 603 g/mol. The molecule has 1 aliphatic carbocycles. The summed E-state index contributed by atoms with van der Waals surface area (Å²) in [7, 11) is 0. The minimum Gasteiger partial charge on any atom is -0.271 e. The summed E-state index contributed by atoms with van der Waals surface area (Å²) in [5.41, 5.74) is 3.40. The van der Waals surface area contributed by atoms with E-state index in [1.54, 1.807) is 48.2 Å². The van der Waals surface area contributed by atoms with E-state index in [-0.39, 0.29) is 11.1 Å². The van der Waals surface area contributed by atoms with E-state index in [0.29, 0.717) is 39.2 Å². The normalized spacial score (nSPS) is 18.3. The lowest BCUT2D eigenvalue weighted by atomic mass is 9.85. The van der Waals surface area contributed by atoms with E-state index < -0.39 is 23.6 Å². The summed E-state index contributed by atoms with van der Waals surface area (Å²) >= 11 is 3.10. The average molecular weight is 604 g/mol. The Balaban J connectivity index is 1.19. The summed E-state index contributed by atoms with van der Waals surface area (Å²) in [6, 6.07) is 21.4. The highest BCUT2D eigenvalue weighted by Gasteiger charge is 2.41. The van der Waals surface area contributed by atoms with Crippen molar-refractivity contribution >= 4 is 73.7 Å². The number of benzene rings is 4. The topological polar surface area (TPSA) is 87.1 Å². The van der Waals surface area contributed by atoms with Crippen LogP contribution in [0, 0.1) is 0 Å². The molecule has 0 atom stereocenters. The molecule has 43 heavy (non-hydrogen) atoms. The largest absolute Gasteiger partial charge is 0.271 e. The summed E-state index contributed by atoms with van der Waals surface area (Å²) in [4.78, 5) is 63.4. The third kappa shape index (κ3) is 4.09. The van der Waals surface area contributed by atoms with Gasteiger partial charge in [-0.15, -0.1) is 0 Å². The van der Waals surface area contributed by atoms with Gasteiger partial charge in [-0.3, -0.25) is 24.2 Å². The first kappa shape index (κ1) is 26.4. The van der Waals surface area contributed by atoms with Crippen molar-refractivity contribution in [1.29, 1.82) is 0 Å². The molecule has 4 aromatic carbocycles. The van der Waals surface area contributed by atoms with Gasteiger partial charge in [0.2, 0.25) is 0 Å². The van der Waals surface area contributed by atoms with Crippen LogP contribution < -0.4 is 9.80 Å². The van der Waals surface area contributed by atoms with Gasteiger partial charge >= 0.3 is 0 Å². The average Bonchev–Trinajstić information content (AvgIpc) is 3.75.